The predicted molar refractivity (Wildman–Crippen MR) is 147 cm³/mol. The summed E-state index contributed by atoms with van der Waals surface area (Å²) in [6, 6.07) is 19.9. The Balaban J connectivity index is 1.26. The Hall–Kier alpha value is -3.88. The van der Waals surface area contributed by atoms with Crippen LogP contribution in [0.5, 0.6) is 5.75 Å². The number of nitrogens with one attached hydrogen (secondary N) is 1. The SMILES string of the molecule is COc1cc2c(cc1NC(=O)CSc1ncnc3scc(-c4ccc(C)cc4)c13)oc1ccccc12. The highest BCUT2D eigenvalue weighted by Crippen LogP contribution is 2.39. The number of fused-ring (bicyclic) bond motifs is 4. The summed E-state index contributed by atoms with van der Waals surface area (Å²) in [4.78, 5) is 22.8. The quantitative estimate of drug-likeness (QED) is 0.187. The number of rotatable bonds is 6. The number of furan rings is 1. The zero-order chi connectivity index (χ0) is 24.6. The van der Waals surface area contributed by atoms with Gasteiger partial charge in [0, 0.05) is 27.8 Å². The molecule has 0 atom stereocenters. The first kappa shape index (κ1) is 22.6. The zero-order valence-corrected chi connectivity index (χ0v) is 21.2. The van der Waals surface area contributed by atoms with Gasteiger partial charge in [0.1, 0.15) is 33.1 Å². The number of hydrogen-bond donors (Lipinski definition) is 1. The highest BCUT2D eigenvalue weighted by Gasteiger charge is 2.17. The van der Waals surface area contributed by atoms with Gasteiger partial charge in [-0.1, -0.05) is 59.8 Å². The average molecular weight is 512 g/mol. The molecule has 0 saturated heterocycles. The number of anilines is 1. The third-order valence-electron chi connectivity index (χ3n) is 6.01. The van der Waals surface area contributed by atoms with Gasteiger partial charge in [0.05, 0.1) is 23.9 Å². The van der Waals surface area contributed by atoms with E-state index < -0.39 is 0 Å². The highest BCUT2D eigenvalue weighted by molar-refractivity contribution is 8.00. The Bertz CT molecular complexity index is 1740. The number of amides is 1. The van der Waals surface area contributed by atoms with Crippen molar-refractivity contribution in [2.24, 2.45) is 0 Å². The van der Waals surface area contributed by atoms with E-state index in [4.69, 9.17) is 9.15 Å². The molecule has 0 radical (unpaired) electrons. The Labute approximate surface area is 215 Å². The van der Waals surface area contributed by atoms with Gasteiger partial charge in [-0.05, 0) is 24.6 Å². The molecule has 6 rings (SSSR count). The van der Waals surface area contributed by atoms with E-state index in [9.17, 15) is 4.79 Å². The molecule has 0 fully saturated rings. The van der Waals surface area contributed by atoms with E-state index in [-0.39, 0.29) is 11.7 Å². The Kier molecular flexibility index (Phi) is 5.83. The zero-order valence-electron chi connectivity index (χ0n) is 19.6. The molecule has 178 valence electrons. The van der Waals surface area contributed by atoms with Gasteiger partial charge in [-0.2, -0.15) is 0 Å². The Morgan fingerprint density at radius 3 is 2.72 bits per heavy atom. The molecule has 6 nitrogen and oxygen atoms in total. The number of para-hydroxylation sites is 1. The molecule has 0 unspecified atom stereocenters. The number of aryl methyl sites for hydroxylation is 1. The van der Waals surface area contributed by atoms with Crippen LogP contribution in [0.4, 0.5) is 5.69 Å². The van der Waals surface area contributed by atoms with Crippen LogP contribution in [0, 0.1) is 6.92 Å². The number of carbonyl (C=O) groups excluding carboxylic acids is 1. The van der Waals surface area contributed by atoms with Crippen LogP contribution in [-0.4, -0.2) is 28.7 Å². The topological polar surface area (TPSA) is 77.2 Å². The fourth-order valence-corrected chi connectivity index (χ4v) is 6.03. The van der Waals surface area contributed by atoms with E-state index >= 15 is 0 Å². The number of ether oxygens (including phenoxy) is 1. The van der Waals surface area contributed by atoms with Crippen molar-refractivity contribution < 1.29 is 13.9 Å². The van der Waals surface area contributed by atoms with Crippen molar-refractivity contribution >= 4 is 66.8 Å². The number of methoxy groups -OCH3 is 1. The van der Waals surface area contributed by atoms with Crippen LogP contribution in [-0.2, 0) is 4.79 Å². The summed E-state index contributed by atoms with van der Waals surface area (Å²) in [6.45, 7) is 2.07. The second-order valence-electron chi connectivity index (χ2n) is 8.36. The fourth-order valence-electron chi connectivity index (χ4n) is 4.24. The van der Waals surface area contributed by atoms with Crippen molar-refractivity contribution in [1.82, 2.24) is 9.97 Å². The van der Waals surface area contributed by atoms with Gasteiger partial charge >= 0.3 is 0 Å². The minimum absolute atomic E-state index is 0.160. The number of benzene rings is 3. The standard InChI is InChI=1S/C28H21N3O3S2/c1-16-7-9-17(10-8-16)20-13-35-27-26(20)28(30-15-29-27)36-14-25(32)31-21-12-23-19(11-24(21)33-2)18-5-3-4-6-22(18)34-23/h3-13,15H,14H2,1-2H3,(H,31,32). The number of nitrogens with zero attached hydrogens (tertiary/aromatic N) is 2. The Morgan fingerprint density at radius 1 is 1.06 bits per heavy atom. The van der Waals surface area contributed by atoms with Crippen molar-refractivity contribution in [2.75, 3.05) is 18.2 Å². The molecule has 0 aliphatic rings. The summed E-state index contributed by atoms with van der Waals surface area (Å²) in [5.74, 6) is 0.611. The Morgan fingerprint density at radius 2 is 1.89 bits per heavy atom. The van der Waals surface area contributed by atoms with Crippen LogP contribution in [0.3, 0.4) is 0 Å². The maximum atomic E-state index is 13.0. The predicted octanol–water partition coefficient (Wildman–Crippen LogP) is 7.31. The van der Waals surface area contributed by atoms with Gasteiger partial charge in [0.25, 0.3) is 0 Å². The average Bonchev–Trinajstić information content (AvgIpc) is 3.49. The van der Waals surface area contributed by atoms with Gasteiger partial charge in [0.15, 0.2) is 0 Å². The lowest BCUT2D eigenvalue weighted by atomic mass is 10.1. The molecule has 3 heterocycles. The lowest BCUT2D eigenvalue weighted by Crippen LogP contribution is -2.14. The number of carbonyl (C=O) groups is 1. The van der Waals surface area contributed by atoms with Crippen LogP contribution in [0.2, 0.25) is 0 Å². The van der Waals surface area contributed by atoms with Gasteiger partial charge in [-0.3, -0.25) is 4.79 Å². The van der Waals surface area contributed by atoms with E-state index in [1.54, 1.807) is 24.8 Å². The maximum Gasteiger partial charge on any atom is 0.234 e. The van der Waals surface area contributed by atoms with Gasteiger partial charge in [0.2, 0.25) is 5.91 Å². The van der Waals surface area contributed by atoms with Crippen molar-refractivity contribution in [3.05, 3.63) is 77.9 Å². The summed E-state index contributed by atoms with van der Waals surface area (Å²) in [7, 11) is 1.59. The third-order valence-corrected chi connectivity index (χ3v) is 7.89. The van der Waals surface area contributed by atoms with E-state index in [0.29, 0.717) is 17.0 Å². The van der Waals surface area contributed by atoms with Crippen molar-refractivity contribution in [1.29, 1.82) is 0 Å². The fraction of sp³-hybridized carbons (Fsp3) is 0.107. The van der Waals surface area contributed by atoms with Crippen LogP contribution in [0.15, 0.2) is 81.8 Å². The molecule has 0 bridgehead atoms. The molecule has 3 aromatic heterocycles. The monoisotopic (exact) mass is 511 g/mol. The smallest absolute Gasteiger partial charge is 0.234 e. The number of aromatic nitrogens is 2. The molecule has 0 saturated carbocycles. The molecule has 0 spiro atoms. The summed E-state index contributed by atoms with van der Waals surface area (Å²) in [6.07, 6.45) is 1.55. The van der Waals surface area contributed by atoms with Gasteiger partial charge in [-0.25, -0.2) is 9.97 Å². The second kappa shape index (κ2) is 9.29. The number of thiophene rings is 1. The molecule has 0 aliphatic carbocycles. The number of hydrogen-bond acceptors (Lipinski definition) is 7. The van der Waals surface area contributed by atoms with Crippen LogP contribution >= 0.6 is 23.1 Å². The first-order chi connectivity index (χ1) is 17.6. The molecule has 6 aromatic rings. The highest BCUT2D eigenvalue weighted by atomic mass is 32.2. The normalized spacial score (nSPS) is 11.4. The summed E-state index contributed by atoms with van der Waals surface area (Å²) >= 11 is 2.97. The first-order valence-electron chi connectivity index (χ1n) is 11.3. The largest absolute Gasteiger partial charge is 0.495 e. The summed E-state index contributed by atoms with van der Waals surface area (Å²) in [5.41, 5.74) is 5.45. The van der Waals surface area contributed by atoms with E-state index in [1.165, 1.54) is 17.3 Å². The maximum absolute atomic E-state index is 13.0. The van der Waals surface area contributed by atoms with Gasteiger partial charge < -0.3 is 14.5 Å². The van der Waals surface area contributed by atoms with E-state index in [2.05, 4.69) is 51.9 Å². The molecule has 0 aliphatic heterocycles. The number of thioether (sulfide) groups is 1. The van der Waals surface area contributed by atoms with Gasteiger partial charge in [-0.15, -0.1) is 11.3 Å². The van der Waals surface area contributed by atoms with E-state index in [1.807, 2.05) is 36.4 Å². The van der Waals surface area contributed by atoms with Crippen LogP contribution < -0.4 is 10.1 Å². The molecule has 1 N–H and O–H groups in total. The second-order valence-corrected chi connectivity index (χ2v) is 10.2. The third kappa shape index (κ3) is 4.08. The first-order valence-corrected chi connectivity index (χ1v) is 13.2. The van der Waals surface area contributed by atoms with Crippen molar-refractivity contribution in [3.63, 3.8) is 0 Å². The van der Waals surface area contributed by atoms with Crippen molar-refractivity contribution in [3.8, 4) is 16.9 Å². The molecular formula is C28H21N3O3S2. The molecule has 1 amide bonds. The molecule has 8 heteroatoms. The lowest BCUT2D eigenvalue weighted by Gasteiger charge is -2.10. The molecule has 36 heavy (non-hydrogen) atoms. The van der Waals surface area contributed by atoms with Crippen LogP contribution in [0.25, 0.3) is 43.3 Å². The summed E-state index contributed by atoms with van der Waals surface area (Å²) in [5, 5.41) is 8.79. The van der Waals surface area contributed by atoms with Crippen LogP contribution in [0.1, 0.15) is 5.56 Å². The minimum Gasteiger partial charge on any atom is -0.495 e. The van der Waals surface area contributed by atoms with E-state index in [0.717, 1.165) is 42.7 Å². The minimum atomic E-state index is -0.160. The molecule has 3 aromatic carbocycles. The molecular weight excluding hydrogens is 490 g/mol. The van der Waals surface area contributed by atoms with Crippen molar-refractivity contribution in [2.45, 2.75) is 11.9 Å². The summed E-state index contributed by atoms with van der Waals surface area (Å²) < 4.78 is 11.6. The lowest BCUT2D eigenvalue weighted by molar-refractivity contribution is -0.113.